The number of anilines is 2. The van der Waals surface area contributed by atoms with Crippen molar-refractivity contribution in [1.82, 2.24) is 0 Å². The SMILES string of the molecule is Cc1cc(C)cc(C(C)Nc2ccc(NC(N)=O)cc2)c1. The number of carbonyl (C=O) groups is 1. The number of nitrogens with one attached hydrogen (secondary N) is 2. The monoisotopic (exact) mass is 283 g/mol. The minimum absolute atomic E-state index is 0.207. The van der Waals surface area contributed by atoms with Gasteiger partial charge in [-0.3, -0.25) is 0 Å². The van der Waals surface area contributed by atoms with E-state index < -0.39 is 6.03 Å². The topological polar surface area (TPSA) is 67.2 Å². The molecule has 4 N–H and O–H groups in total. The van der Waals surface area contributed by atoms with E-state index in [1.807, 2.05) is 24.3 Å². The van der Waals surface area contributed by atoms with Crippen LogP contribution in [-0.4, -0.2) is 6.03 Å². The van der Waals surface area contributed by atoms with Gasteiger partial charge >= 0.3 is 6.03 Å². The van der Waals surface area contributed by atoms with Gasteiger partial charge in [0.05, 0.1) is 0 Å². The summed E-state index contributed by atoms with van der Waals surface area (Å²) in [7, 11) is 0. The Morgan fingerprint density at radius 1 is 1.00 bits per heavy atom. The predicted molar refractivity (Wildman–Crippen MR) is 87.6 cm³/mol. The molecular formula is C17H21N3O. The fourth-order valence-corrected chi connectivity index (χ4v) is 2.39. The minimum atomic E-state index is -0.556. The number of urea groups is 1. The normalized spacial score (nSPS) is 11.8. The summed E-state index contributed by atoms with van der Waals surface area (Å²) in [5.41, 5.74) is 10.5. The van der Waals surface area contributed by atoms with Gasteiger partial charge in [0, 0.05) is 17.4 Å². The lowest BCUT2D eigenvalue weighted by Crippen LogP contribution is -2.19. The zero-order valence-electron chi connectivity index (χ0n) is 12.6. The highest BCUT2D eigenvalue weighted by Gasteiger charge is 2.06. The molecule has 2 rings (SSSR count). The molecule has 21 heavy (non-hydrogen) atoms. The van der Waals surface area contributed by atoms with Crippen molar-refractivity contribution in [2.45, 2.75) is 26.8 Å². The van der Waals surface area contributed by atoms with E-state index in [2.05, 4.69) is 49.6 Å². The van der Waals surface area contributed by atoms with E-state index in [4.69, 9.17) is 5.73 Å². The summed E-state index contributed by atoms with van der Waals surface area (Å²) in [6.45, 7) is 6.34. The molecule has 2 aromatic carbocycles. The van der Waals surface area contributed by atoms with Gasteiger partial charge in [0.1, 0.15) is 0 Å². The first-order valence-corrected chi connectivity index (χ1v) is 6.95. The van der Waals surface area contributed by atoms with Crippen molar-refractivity contribution < 1.29 is 4.79 Å². The number of hydrogen-bond acceptors (Lipinski definition) is 2. The summed E-state index contributed by atoms with van der Waals surface area (Å²) >= 11 is 0. The second-order valence-corrected chi connectivity index (χ2v) is 5.35. The summed E-state index contributed by atoms with van der Waals surface area (Å²) in [6.07, 6.45) is 0. The molecule has 2 amide bonds. The quantitative estimate of drug-likeness (QED) is 0.794. The van der Waals surface area contributed by atoms with Gasteiger partial charge in [0.15, 0.2) is 0 Å². The molecule has 0 aliphatic rings. The van der Waals surface area contributed by atoms with Crippen LogP contribution in [-0.2, 0) is 0 Å². The van der Waals surface area contributed by atoms with Crippen LogP contribution in [0.4, 0.5) is 16.2 Å². The molecule has 0 bridgehead atoms. The van der Waals surface area contributed by atoms with Crippen LogP contribution in [0.25, 0.3) is 0 Å². The van der Waals surface area contributed by atoms with Crippen molar-refractivity contribution in [3.05, 3.63) is 59.2 Å². The minimum Gasteiger partial charge on any atom is -0.379 e. The van der Waals surface area contributed by atoms with Crippen LogP contribution < -0.4 is 16.4 Å². The Hall–Kier alpha value is -2.49. The Labute approximate surface area is 125 Å². The molecule has 0 aromatic heterocycles. The molecule has 0 fully saturated rings. The van der Waals surface area contributed by atoms with E-state index in [0.717, 1.165) is 5.69 Å². The molecule has 110 valence electrons. The third-order valence-corrected chi connectivity index (χ3v) is 3.28. The van der Waals surface area contributed by atoms with Crippen LogP contribution >= 0.6 is 0 Å². The molecule has 0 saturated carbocycles. The van der Waals surface area contributed by atoms with Crippen molar-refractivity contribution in [2.75, 3.05) is 10.6 Å². The predicted octanol–water partition coefficient (Wildman–Crippen LogP) is 3.97. The van der Waals surface area contributed by atoms with Crippen LogP contribution in [0.5, 0.6) is 0 Å². The number of nitrogens with two attached hydrogens (primary N) is 1. The lowest BCUT2D eigenvalue weighted by molar-refractivity contribution is 0.259. The van der Waals surface area contributed by atoms with Gasteiger partial charge in [-0.1, -0.05) is 29.3 Å². The number of aryl methyl sites for hydroxylation is 2. The fourth-order valence-electron chi connectivity index (χ4n) is 2.39. The Morgan fingerprint density at radius 3 is 2.05 bits per heavy atom. The molecule has 0 saturated heterocycles. The van der Waals surface area contributed by atoms with Gasteiger partial charge in [-0.2, -0.15) is 0 Å². The molecule has 4 nitrogen and oxygen atoms in total. The van der Waals surface area contributed by atoms with Crippen LogP contribution in [0.15, 0.2) is 42.5 Å². The molecule has 0 aliphatic carbocycles. The summed E-state index contributed by atoms with van der Waals surface area (Å²) in [5, 5.41) is 5.99. The van der Waals surface area contributed by atoms with Crippen LogP contribution in [0.1, 0.15) is 29.7 Å². The summed E-state index contributed by atoms with van der Waals surface area (Å²) in [6, 6.07) is 13.7. The number of benzene rings is 2. The summed E-state index contributed by atoms with van der Waals surface area (Å²) in [5.74, 6) is 0. The van der Waals surface area contributed by atoms with E-state index in [1.165, 1.54) is 16.7 Å². The van der Waals surface area contributed by atoms with Gasteiger partial charge in [0.25, 0.3) is 0 Å². The van der Waals surface area contributed by atoms with E-state index in [-0.39, 0.29) is 6.04 Å². The molecule has 0 spiro atoms. The number of hydrogen-bond donors (Lipinski definition) is 3. The molecule has 2 aromatic rings. The second kappa shape index (κ2) is 6.31. The van der Waals surface area contributed by atoms with Crippen molar-refractivity contribution in [3.8, 4) is 0 Å². The molecule has 1 unspecified atom stereocenters. The number of carbonyl (C=O) groups excluding carboxylic acids is 1. The number of rotatable bonds is 4. The van der Waals surface area contributed by atoms with Gasteiger partial charge < -0.3 is 16.4 Å². The maximum atomic E-state index is 10.8. The zero-order valence-corrected chi connectivity index (χ0v) is 12.6. The average Bonchev–Trinajstić information content (AvgIpc) is 2.39. The molecule has 0 radical (unpaired) electrons. The first-order chi connectivity index (χ1) is 9.94. The second-order valence-electron chi connectivity index (χ2n) is 5.35. The lowest BCUT2D eigenvalue weighted by Gasteiger charge is -2.17. The van der Waals surface area contributed by atoms with Crippen LogP contribution in [0.2, 0.25) is 0 Å². The van der Waals surface area contributed by atoms with Crippen LogP contribution in [0, 0.1) is 13.8 Å². The van der Waals surface area contributed by atoms with E-state index in [0.29, 0.717) is 5.69 Å². The lowest BCUT2D eigenvalue weighted by atomic mass is 10.0. The molecule has 0 heterocycles. The molecule has 4 heteroatoms. The largest absolute Gasteiger partial charge is 0.379 e. The molecular weight excluding hydrogens is 262 g/mol. The van der Waals surface area contributed by atoms with Crippen LogP contribution in [0.3, 0.4) is 0 Å². The Bertz CT molecular complexity index is 615. The van der Waals surface area contributed by atoms with Gasteiger partial charge in [-0.15, -0.1) is 0 Å². The maximum Gasteiger partial charge on any atom is 0.316 e. The van der Waals surface area contributed by atoms with Crippen molar-refractivity contribution in [2.24, 2.45) is 5.73 Å². The first-order valence-electron chi connectivity index (χ1n) is 6.95. The van der Waals surface area contributed by atoms with E-state index >= 15 is 0 Å². The highest BCUT2D eigenvalue weighted by molar-refractivity contribution is 5.87. The van der Waals surface area contributed by atoms with Crippen molar-refractivity contribution in [3.63, 3.8) is 0 Å². The van der Waals surface area contributed by atoms with Gasteiger partial charge in [-0.25, -0.2) is 4.79 Å². The standard InChI is InChI=1S/C17H21N3O/c1-11-8-12(2)10-14(9-11)13(3)19-15-4-6-16(7-5-15)20-17(18)21/h4-10,13,19H,1-3H3,(H3,18,20,21). The van der Waals surface area contributed by atoms with E-state index in [1.54, 1.807) is 0 Å². The van der Waals surface area contributed by atoms with Gasteiger partial charge in [0.2, 0.25) is 0 Å². The summed E-state index contributed by atoms with van der Waals surface area (Å²) in [4.78, 5) is 10.8. The van der Waals surface area contributed by atoms with E-state index in [9.17, 15) is 4.79 Å². The summed E-state index contributed by atoms with van der Waals surface area (Å²) < 4.78 is 0. The highest BCUT2D eigenvalue weighted by atomic mass is 16.2. The smallest absolute Gasteiger partial charge is 0.316 e. The Morgan fingerprint density at radius 2 is 1.52 bits per heavy atom. The Kier molecular flexibility index (Phi) is 4.48. The Balaban J connectivity index is 2.08. The first kappa shape index (κ1) is 14.9. The highest BCUT2D eigenvalue weighted by Crippen LogP contribution is 2.22. The van der Waals surface area contributed by atoms with Gasteiger partial charge in [-0.05, 0) is 50.6 Å². The van der Waals surface area contributed by atoms with Crippen molar-refractivity contribution in [1.29, 1.82) is 0 Å². The van der Waals surface area contributed by atoms with Crippen molar-refractivity contribution >= 4 is 17.4 Å². The number of amides is 2. The third-order valence-electron chi connectivity index (χ3n) is 3.28. The molecule has 0 aliphatic heterocycles. The maximum absolute atomic E-state index is 10.8. The number of primary amides is 1. The fraction of sp³-hybridized carbons (Fsp3) is 0.235. The third kappa shape index (κ3) is 4.24. The molecule has 1 atom stereocenters. The average molecular weight is 283 g/mol. The zero-order chi connectivity index (χ0) is 15.4.